The summed E-state index contributed by atoms with van der Waals surface area (Å²) < 4.78 is 29.5. The lowest BCUT2D eigenvalue weighted by atomic mass is 9.74. The van der Waals surface area contributed by atoms with E-state index < -0.39 is 15.3 Å². The summed E-state index contributed by atoms with van der Waals surface area (Å²) in [7, 11) is -1.37. The quantitative estimate of drug-likeness (QED) is 0.384. The van der Waals surface area contributed by atoms with E-state index in [0.29, 0.717) is 53.3 Å². The maximum Gasteiger partial charge on any atom is 0.235 e. The van der Waals surface area contributed by atoms with E-state index >= 15 is 0 Å². The van der Waals surface area contributed by atoms with Crippen molar-refractivity contribution in [3.63, 3.8) is 0 Å². The number of sulfone groups is 1. The maximum atomic E-state index is 13.2. The largest absolute Gasteiger partial charge is 0.497 e. The lowest BCUT2D eigenvalue weighted by Gasteiger charge is -2.34. The minimum absolute atomic E-state index is 0.0779. The van der Waals surface area contributed by atoms with Gasteiger partial charge in [0.15, 0.2) is 21.5 Å². The van der Waals surface area contributed by atoms with E-state index in [4.69, 9.17) is 26.3 Å². The molecule has 1 aromatic heterocycles. The summed E-state index contributed by atoms with van der Waals surface area (Å²) in [5, 5.41) is 7.09. The lowest BCUT2D eigenvalue weighted by Crippen LogP contribution is -2.41. The van der Waals surface area contributed by atoms with Gasteiger partial charge >= 0.3 is 0 Å². The fourth-order valence-corrected chi connectivity index (χ4v) is 9.06. The molecule has 6 atom stereocenters. The summed E-state index contributed by atoms with van der Waals surface area (Å²) in [4.78, 5) is 24.7. The number of methoxy groups -OCH3 is 1. The highest BCUT2D eigenvalue weighted by atomic mass is 35.5. The molecule has 4 N–H and O–H groups in total. The van der Waals surface area contributed by atoms with Gasteiger partial charge in [0.2, 0.25) is 5.91 Å². The number of hydrogen-bond acceptors (Lipinski definition) is 10. The molecule has 1 amide bonds. The normalized spacial score (nSPS) is 32.9. The first-order valence-electron chi connectivity index (χ1n) is 14.9. The fraction of sp³-hybridized carbons (Fsp3) is 0.621. The van der Waals surface area contributed by atoms with Crippen LogP contribution in [0.25, 0.3) is 0 Å². The van der Waals surface area contributed by atoms with Crippen LogP contribution in [-0.2, 0) is 20.0 Å². The van der Waals surface area contributed by atoms with Crippen molar-refractivity contribution in [2.75, 3.05) is 47.2 Å². The summed E-state index contributed by atoms with van der Waals surface area (Å²) in [6, 6.07) is 6.14. The number of carbonyl (C=O) groups is 1. The van der Waals surface area contributed by atoms with Crippen molar-refractivity contribution in [1.29, 1.82) is 0 Å². The Bertz CT molecular complexity index is 1520. The van der Waals surface area contributed by atoms with Crippen LogP contribution in [-0.4, -0.2) is 68.2 Å². The number of carbonyl (C=O) groups excluding carboxylic acids is 1. The van der Waals surface area contributed by atoms with Gasteiger partial charge < -0.3 is 20.3 Å². The molecule has 1 spiro atoms. The first kappa shape index (κ1) is 28.1. The van der Waals surface area contributed by atoms with Gasteiger partial charge in [0.1, 0.15) is 16.6 Å². The van der Waals surface area contributed by atoms with Crippen LogP contribution in [0, 0.1) is 17.8 Å². The number of amides is 1. The van der Waals surface area contributed by atoms with Crippen molar-refractivity contribution >= 4 is 44.7 Å². The van der Waals surface area contributed by atoms with Gasteiger partial charge in [-0.3, -0.25) is 10.2 Å². The summed E-state index contributed by atoms with van der Waals surface area (Å²) in [6.07, 6.45) is 3.83. The van der Waals surface area contributed by atoms with Crippen LogP contribution in [0.15, 0.2) is 18.2 Å². The number of aromatic nitrogens is 2. The maximum absolute atomic E-state index is 13.2. The Morgan fingerprint density at radius 1 is 1.17 bits per heavy atom. The van der Waals surface area contributed by atoms with Crippen molar-refractivity contribution in [3.05, 3.63) is 34.6 Å². The summed E-state index contributed by atoms with van der Waals surface area (Å²) >= 11 is 6.89. The minimum Gasteiger partial charge on any atom is -0.497 e. The molecule has 2 saturated heterocycles. The third kappa shape index (κ3) is 4.61. The molecule has 1 aromatic carbocycles. The Morgan fingerprint density at radius 2 is 1.95 bits per heavy atom. The second kappa shape index (κ2) is 10.2. The molecule has 7 rings (SSSR count). The van der Waals surface area contributed by atoms with Crippen molar-refractivity contribution in [3.8, 4) is 5.75 Å². The number of nitrogens with zero attached hydrogens (tertiary/aromatic N) is 3. The average molecular weight is 616 g/mol. The van der Waals surface area contributed by atoms with Crippen LogP contribution in [0.3, 0.4) is 0 Å². The van der Waals surface area contributed by atoms with Crippen LogP contribution in [0.5, 0.6) is 5.75 Å². The number of rotatable bonds is 6. The van der Waals surface area contributed by atoms with Gasteiger partial charge in [0.05, 0.1) is 30.2 Å². The fourth-order valence-electron chi connectivity index (χ4n) is 7.60. The van der Waals surface area contributed by atoms with Gasteiger partial charge in [-0.2, -0.15) is 0 Å². The standard InChI is InChI=1S/C29H38ClN7O4S/c1-15(2)24-32-26(23(30)27(34-24)37-8-10-42(39,40)11-9-37)33-25-18-6-4-16(12-22(18)35-36-25)20-14-29(20)19-13-17(41-3)5-7-21(19)31-28(29)38/h5,7,13,15-16,18,20,22,25,35-36H,4,6,8-12,14H2,1-3H3,(H,31,38)(H,32,33,34)/t16?,18?,20-,22?,25?,29-/m0/s1. The zero-order valence-electron chi connectivity index (χ0n) is 24.1. The number of fused-ring (bicyclic) bond motifs is 3. The molecule has 2 saturated carbocycles. The number of hydrazine groups is 1. The van der Waals surface area contributed by atoms with E-state index in [0.717, 1.165) is 42.7 Å². The van der Waals surface area contributed by atoms with Crippen molar-refractivity contribution in [2.24, 2.45) is 17.8 Å². The molecule has 4 unspecified atom stereocenters. The lowest BCUT2D eigenvalue weighted by molar-refractivity contribution is -0.118. The van der Waals surface area contributed by atoms with E-state index in [9.17, 15) is 13.2 Å². The average Bonchev–Trinajstić information content (AvgIpc) is 3.52. The molecule has 11 nitrogen and oxygen atoms in total. The summed E-state index contributed by atoms with van der Waals surface area (Å²) in [5.41, 5.74) is 8.52. The summed E-state index contributed by atoms with van der Waals surface area (Å²) in [6.45, 7) is 4.80. The van der Waals surface area contributed by atoms with E-state index in [-0.39, 0.29) is 35.5 Å². The molecule has 0 radical (unpaired) electrons. The first-order chi connectivity index (χ1) is 20.1. The van der Waals surface area contributed by atoms with Gasteiger partial charge in [-0.05, 0) is 61.3 Å². The molecule has 2 aromatic rings. The number of nitrogens with one attached hydrogen (secondary N) is 4. The van der Waals surface area contributed by atoms with Gasteiger partial charge in [-0.15, -0.1) is 0 Å². The SMILES string of the molecule is COc1ccc2c(c1)[C@]1(C[C@H]1C1CCC3C(C1)NNC3Nc1nc(C(C)C)nc(N3CCS(=O)(=O)CC3)c1Cl)C(=O)N2. The Balaban J connectivity index is 1.06. The molecule has 4 heterocycles. The molecule has 4 fully saturated rings. The first-order valence-corrected chi connectivity index (χ1v) is 17.1. The molecule has 5 aliphatic rings. The van der Waals surface area contributed by atoms with Gasteiger partial charge in [0.25, 0.3) is 0 Å². The van der Waals surface area contributed by atoms with E-state index in [1.165, 1.54) is 0 Å². The molecule has 3 aliphatic heterocycles. The Hall–Kier alpha value is -2.67. The number of benzene rings is 1. The monoisotopic (exact) mass is 615 g/mol. The van der Waals surface area contributed by atoms with Crippen LogP contribution < -0.4 is 31.1 Å². The highest BCUT2D eigenvalue weighted by molar-refractivity contribution is 7.91. The molecule has 42 heavy (non-hydrogen) atoms. The number of halogens is 1. The smallest absolute Gasteiger partial charge is 0.235 e. The van der Waals surface area contributed by atoms with E-state index in [1.807, 2.05) is 36.9 Å². The zero-order valence-corrected chi connectivity index (χ0v) is 25.7. The van der Waals surface area contributed by atoms with E-state index in [1.54, 1.807) is 7.11 Å². The van der Waals surface area contributed by atoms with E-state index in [2.05, 4.69) is 21.5 Å². The number of hydrogen-bond donors (Lipinski definition) is 4. The van der Waals surface area contributed by atoms with Crippen molar-refractivity contribution < 1.29 is 17.9 Å². The highest BCUT2D eigenvalue weighted by Gasteiger charge is 2.67. The second-order valence-corrected chi connectivity index (χ2v) is 15.4. The van der Waals surface area contributed by atoms with Crippen LogP contribution >= 0.6 is 11.6 Å². The molecule has 2 aliphatic carbocycles. The predicted octanol–water partition coefficient (Wildman–Crippen LogP) is 3.04. The van der Waals surface area contributed by atoms with Crippen molar-refractivity contribution in [2.45, 2.75) is 63.1 Å². The van der Waals surface area contributed by atoms with Crippen LogP contribution in [0.4, 0.5) is 17.3 Å². The predicted molar refractivity (Wildman–Crippen MR) is 162 cm³/mol. The van der Waals surface area contributed by atoms with Crippen LogP contribution in [0.2, 0.25) is 5.02 Å². The number of anilines is 3. The molecular formula is C29H38ClN7O4S. The molecular weight excluding hydrogens is 578 g/mol. The van der Waals surface area contributed by atoms with Crippen molar-refractivity contribution in [1.82, 2.24) is 20.8 Å². The summed E-state index contributed by atoms with van der Waals surface area (Å²) in [5.74, 6) is 4.07. The minimum atomic E-state index is -3.03. The van der Waals surface area contributed by atoms with Crippen LogP contribution in [0.1, 0.15) is 56.8 Å². The molecule has 0 bridgehead atoms. The third-order valence-electron chi connectivity index (χ3n) is 10.0. The van der Waals surface area contributed by atoms with Gasteiger partial charge in [0, 0.05) is 36.7 Å². The Morgan fingerprint density at radius 3 is 2.69 bits per heavy atom. The van der Waals surface area contributed by atoms with Gasteiger partial charge in [-0.25, -0.2) is 23.8 Å². The zero-order chi connectivity index (χ0) is 29.4. The Kier molecular flexibility index (Phi) is 6.84. The molecule has 226 valence electrons. The second-order valence-electron chi connectivity index (χ2n) is 12.8. The third-order valence-corrected chi connectivity index (χ3v) is 12.0. The molecule has 13 heteroatoms. The number of ether oxygens (including phenoxy) is 1. The topological polar surface area (TPSA) is 138 Å². The Labute approximate surface area is 251 Å². The highest BCUT2D eigenvalue weighted by Crippen LogP contribution is 2.65. The van der Waals surface area contributed by atoms with Gasteiger partial charge in [-0.1, -0.05) is 25.4 Å².